The molecular formula is C21H26FN5O2. The van der Waals surface area contributed by atoms with Crippen molar-refractivity contribution in [3.63, 3.8) is 0 Å². The Bertz CT molecular complexity index is 883. The van der Waals surface area contributed by atoms with Gasteiger partial charge in [0.1, 0.15) is 18.0 Å². The van der Waals surface area contributed by atoms with Gasteiger partial charge in [-0.3, -0.25) is 4.79 Å². The van der Waals surface area contributed by atoms with Crippen LogP contribution in [0.3, 0.4) is 0 Å². The molecule has 3 atom stereocenters. The quantitative estimate of drug-likeness (QED) is 0.806. The minimum absolute atomic E-state index is 0.0920. The van der Waals surface area contributed by atoms with Crippen LogP contribution in [0.5, 0.6) is 0 Å². The van der Waals surface area contributed by atoms with Crippen molar-refractivity contribution in [3.8, 4) is 0 Å². The molecule has 7 nitrogen and oxygen atoms in total. The summed E-state index contributed by atoms with van der Waals surface area (Å²) in [5, 5.41) is 10.2. The van der Waals surface area contributed by atoms with Crippen LogP contribution >= 0.6 is 0 Å². The van der Waals surface area contributed by atoms with Crippen molar-refractivity contribution in [2.45, 2.75) is 37.8 Å². The van der Waals surface area contributed by atoms with Gasteiger partial charge in [0.05, 0.1) is 17.8 Å². The number of carbonyl (C=O) groups is 1. The lowest BCUT2D eigenvalue weighted by Crippen LogP contribution is -2.54. The molecule has 1 aromatic carbocycles. The van der Waals surface area contributed by atoms with Crippen LogP contribution in [0.25, 0.3) is 0 Å². The highest BCUT2D eigenvalue weighted by atomic mass is 19.1. The van der Waals surface area contributed by atoms with Crippen molar-refractivity contribution in [1.82, 2.24) is 14.9 Å². The molecule has 1 saturated heterocycles. The first-order valence-corrected chi connectivity index (χ1v) is 10.0. The molecule has 1 amide bonds. The largest absolute Gasteiger partial charge is 0.387 e. The van der Waals surface area contributed by atoms with E-state index in [9.17, 15) is 14.3 Å². The second-order valence-corrected chi connectivity index (χ2v) is 7.90. The van der Waals surface area contributed by atoms with E-state index in [1.54, 1.807) is 17.0 Å². The standard InChI is InChI=1S/C21H26FN5O2/c1-13-10-17(28)19-18(13)20(25-12-24-19)26-6-8-27(9-7-26)21(29)16(23)11-14-2-4-15(22)5-3-14/h2-5,12-13,16-17,28H,6-11,23H2,1H3/t13-,16?,17+/m1/s1. The summed E-state index contributed by atoms with van der Waals surface area (Å²) in [6.07, 6.45) is 2.02. The molecule has 1 aromatic heterocycles. The number of amides is 1. The zero-order valence-electron chi connectivity index (χ0n) is 16.5. The maximum absolute atomic E-state index is 13.0. The van der Waals surface area contributed by atoms with Crippen LogP contribution in [0.1, 0.15) is 42.2 Å². The average molecular weight is 399 g/mol. The number of piperazine rings is 1. The molecule has 1 aliphatic heterocycles. The lowest BCUT2D eigenvalue weighted by atomic mass is 10.0. The van der Waals surface area contributed by atoms with Crippen molar-refractivity contribution in [2.75, 3.05) is 31.1 Å². The Labute approximate surface area is 169 Å². The number of halogens is 1. The Balaban J connectivity index is 1.38. The summed E-state index contributed by atoms with van der Waals surface area (Å²) < 4.78 is 13.0. The summed E-state index contributed by atoms with van der Waals surface area (Å²) in [7, 11) is 0. The van der Waals surface area contributed by atoms with Crippen LogP contribution in [0.15, 0.2) is 30.6 Å². The predicted octanol–water partition coefficient (Wildman–Crippen LogP) is 1.37. The van der Waals surface area contributed by atoms with Gasteiger partial charge in [-0.15, -0.1) is 0 Å². The fraction of sp³-hybridized carbons (Fsp3) is 0.476. The third-order valence-corrected chi connectivity index (χ3v) is 5.86. The maximum Gasteiger partial charge on any atom is 0.239 e. The molecule has 1 unspecified atom stereocenters. The first kappa shape index (κ1) is 19.7. The second kappa shape index (κ2) is 8.04. The molecule has 1 fully saturated rings. The van der Waals surface area contributed by atoms with E-state index in [1.807, 2.05) is 0 Å². The number of nitrogens with two attached hydrogens (primary N) is 1. The number of nitrogens with zero attached hydrogens (tertiary/aromatic N) is 4. The number of rotatable bonds is 4. The first-order valence-electron chi connectivity index (χ1n) is 10.0. The Kier molecular flexibility index (Phi) is 5.47. The smallest absolute Gasteiger partial charge is 0.239 e. The van der Waals surface area contributed by atoms with E-state index in [2.05, 4.69) is 21.8 Å². The topological polar surface area (TPSA) is 95.6 Å². The van der Waals surface area contributed by atoms with E-state index >= 15 is 0 Å². The van der Waals surface area contributed by atoms with E-state index in [0.29, 0.717) is 39.0 Å². The van der Waals surface area contributed by atoms with Crippen molar-refractivity contribution < 1.29 is 14.3 Å². The lowest BCUT2D eigenvalue weighted by molar-refractivity contribution is -0.132. The van der Waals surface area contributed by atoms with Gasteiger partial charge in [-0.1, -0.05) is 19.1 Å². The van der Waals surface area contributed by atoms with Crippen LogP contribution < -0.4 is 10.6 Å². The monoisotopic (exact) mass is 399 g/mol. The number of hydrogen-bond donors (Lipinski definition) is 2. The predicted molar refractivity (Wildman–Crippen MR) is 107 cm³/mol. The molecule has 4 rings (SSSR count). The minimum atomic E-state index is -0.648. The van der Waals surface area contributed by atoms with Crippen molar-refractivity contribution in [2.24, 2.45) is 5.73 Å². The molecule has 3 N–H and O–H groups in total. The summed E-state index contributed by atoms with van der Waals surface area (Å²) in [6.45, 7) is 4.51. The molecule has 2 aliphatic rings. The molecule has 154 valence electrons. The fourth-order valence-corrected chi connectivity index (χ4v) is 4.29. The SMILES string of the molecule is C[C@@H]1C[C@H](O)c2ncnc(N3CCN(C(=O)C(N)Cc4ccc(F)cc4)CC3)c21. The molecule has 2 aromatic rings. The highest BCUT2D eigenvalue weighted by Gasteiger charge is 2.34. The number of hydrogen-bond acceptors (Lipinski definition) is 6. The zero-order chi connectivity index (χ0) is 20.5. The summed E-state index contributed by atoms with van der Waals surface area (Å²) in [4.78, 5) is 25.4. The number of benzene rings is 1. The number of aliphatic hydroxyl groups is 1. The molecule has 0 saturated carbocycles. The molecule has 0 spiro atoms. The molecule has 1 aliphatic carbocycles. The van der Waals surface area contributed by atoms with Crippen molar-refractivity contribution >= 4 is 11.7 Å². The van der Waals surface area contributed by atoms with Gasteiger partial charge in [-0.2, -0.15) is 0 Å². The van der Waals surface area contributed by atoms with Gasteiger partial charge in [-0.05, 0) is 36.5 Å². The van der Waals surface area contributed by atoms with Gasteiger partial charge in [0.15, 0.2) is 0 Å². The van der Waals surface area contributed by atoms with Gasteiger partial charge in [0.25, 0.3) is 0 Å². The molecule has 0 radical (unpaired) electrons. The summed E-state index contributed by atoms with van der Waals surface area (Å²) in [5.41, 5.74) is 8.71. The minimum Gasteiger partial charge on any atom is -0.387 e. The van der Waals surface area contributed by atoms with E-state index in [4.69, 9.17) is 5.73 Å². The molecule has 29 heavy (non-hydrogen) atoms. The zero-order valence-corrected chi connectivity index (χ0v) is 16.5. The Hall–Kier alpha value is -2.58. The normalized spacial score (nSPS) is 22.5. The van der Waals surface area contributed by atoms with E-state index in [-0.39, 0.29) is 17.6 Å². The van der Waals surface area contributed by atoms with Crippen LogP contribution in [0.2, 0.25) is 0 Å². The first-order chi connectivity index (χ1) is 13.9. The van der Waals surface area contributed by atoms with E-state index in [1.165, 1.54) is 18.5 Å². The third-order valence-electron chi connectivity index (χ3n) is 5.86. The number of aliphatic hydroxyl groups excluding tert-OH is 1. The van der Waals surface area contributed by atoms with Gasteiger partial charge in [0, 0.05) is 31.7 Å². The highest BCUT2D eigenvalue weighted by Crippen LogP contribution is 2.42. The average Bonchev–Trinajstić information content (AvgIpc) is 3.03. The van der Waals surface area contributed by atoms with Gasteiger partial charge in [-0.25, -0.2) is 14.4 Å². The molecule has 8 heteroatoms. The summed E-state index contributed by atoms with van der Waals surface area (Å²) >= 11 is 0. The summed E-state index contributed by atoms with van der Waals surface area (Å²) in [6, 6.07) is 5.43. The van der Waals surface area contributed by atoms with Gasteiger partial charge >= 0.3 is 0 Å². The van der Waals surface area contributed by atoms with Gasteiger partial charge < -0.3 is 20.6 Å². The third kappa shape index (κ3) is 3.95. The van der Waals surface area contributed by atoms with E-state index < -0.39 is 12.1 Å². The number of aromatic nitrogens is 2. The number of anilines is 1. The second-order valence-electron chi connectivity index (χ2n) is 7.90. The van der Waals surface area contributed by atoms with Crippen LogP contribution in [-0.4, -0.2) is 58.1 Å². The lowest BCUT2D eigenvalue weighted by Gasteiger charge is -2.37. The molecule has 2 heterocycles. The number of fused-ring (bicyclic) bond motifs is 1. The number of carbonyl (C=O) groups excluding carboxylic acids is 1. The molecular weight excluding hydrogens is 373 g/mol. The Morgan fingerprint density at radius 1 is 1.24 bits per heavy atom. The fourth-order valence-electron chi connectivity index (χ4n) is 4.29. The van der Waals surface area contributed by atoms with Crippen LogP contribution in [0.4, 0.5) is 10.2 Å². The van der Waals surface area contributed by atoms with E-state index in [0.717, 1.165) is 22.6 Å². The molecule has 0 bridgehead atoms. The highest BCUT2D eigenvalue weighted by molar-refractivity contribution is 5.82. The Morgan fingerprint density at radius 3 is 2.62 bits per heavy atom. The van der Waals surface area contributed by atoms with Crippen molar-refractivity contribution in [3.05, 3.63) is 53.2 Å². The van der Waals surface area contributed by atoms with Gasteiger partial charge in [0.2, 0.25) is 5.91 Å². The van der Waals surface area contributed by atoms with Crippen LogP contribution in [-0.2, 0) is 11.2 Å². The van der Waals surface area contributed by atoms with Crippen LogP contribution in [0, 0.1) is 5.82 Å². The van der Waals surface area contributed by atoms with Crippen molar-refractivity contribution in [1.29, 1.82) is 0 Å². The Morgan fingerprint density at radius 2 is 1.93 bits per heavy atom. The summed E-state index contributed by atoms with van der Waals surface area (Å²) in [5.74, 6) is 0.676. The maximum atomic E-state index is 13.0.